The molecule has 0 aliphatic carbocycles. The second kappa shape index (κ2) is 10.3. The standard InChI is InChI=1S/C17H13N2.C13H12N.Ir/c1-12-10-14-8-5-9-15-16(14)19(11-12)17(18-15)13-6-3-2-4-7-13;1-10-3-6-12(7-4-10)13-8-5-11(2)9-14-13;/h2-6,8-10H,11H2,1H3;3-6,8-9H,1-2H3;/q2*-1;. The maximum atomic E-state index is 4.79. The number of para-hydroxylation sites is 1. The topological polar surface area (TPSA) is 30.7 Å². The Morgan fingerprint density at radius 2 is 1.68 bits per heavy atom. The smallest absolute Gasteiger partial charge is 0.0777 e. The molecule has 1 aliphatic heterocycles. The average Bonchev–Trinajstić information content (AvgIpc) is 3.21. The molecule has 0 bridgehead atoms. The van der Waals surface area contributed by atoms with Crippen LogP contribution in [0.15, 0.2) is 84.6 Å². The van der Waals surface area contributed by atoms with Gasteiger partial charge in [0.2, 0.25) is 0 Å². The zero-order chi connectivity index (χ0) is 22.8. The molecule has 0 fully saturated rings. The minimum Gasteiger partial charge on any atom is -0.360 e. The minimum absolute atomic E-state index is 0. The first kappa shape index (κ1) is 23.8. The van der Waals surface area contributed by atoms with Gasteiger partial charge in [-0.1, -0.05) is 42.8 Å². The maximum Gasteiger partial charge on any atom is 0.0777 e. The van der Waals surface area contributed by atoms with Gasteiger partial charge in [-0.25, -0.2) is 0 Å². The van der Waals surface area contributed by atoms with Gasteiger partial charge >= 0.3 is 0 Å². The fourth-order valence-corrected chi connectivity index (χ4v) is 4.07. The third kappa shape index (κ3) is 4.94. The van der Waals surface area contributed by atoms with Crippen molar-refractivity contribution in [3.63, 3.8) is 0 Å². The van der Waals surface area contributed by atoms with Crippen LogP contribution in [0.2, 0.25) is 0 Å². The quantitative estimate of drug-likeness (QED) is 0.198. The second-order valence-electron chi connectivity index (χ2n) is 8.50. The molecule has 0 unspecified atom stereocenters. The first-order valence-corrected chi connectivity index (χ1v) is 11.1. The van der Waals surface area contributed by atoms with Crippen molar-refractivity contribution in [3.05, 3.63) is 113 Å². The van der Waals surface area contributed by atoms with Crippen molar-refractivity contribution < 1.29 is 20.1 Å². The molecule has 171 valence electrons. The van der Waals surface area contributed by atoms with Gasteiger partial charge in [0.1, 0.15) is 0 Å². The van der Waals surface area contributed by atoms with E-state index in [0.717, 1.165) is 34.7 Å². The molecule has 3 nitrogen and oxygen atoms in total. The monoisotopic (exact) mass is 620 g/mol. The summed E-state index contributed by atoms with van der Waals surface area (Å²) in [5.74, 6) is 1.01. The van der Waals surface area contributed by atoms with Gasteiger partial charge < -0.3 is 9.55 Å². The summed E-state index contributed by atoms with van der Waals surface area (Å²) < 4.78 is 2.30. The molecule has 5 aromatic rings. The Morgan fingerprint density at radius 3 is 2.38 bits per heavy atom. The van der Waals surface area contributed by atoms with E-state index in [1.165, 1.54) is 27.8 Å². The molecule has 0 saturated carbocycles. The van der Waals surface area contributed by atoms with E-state index in [1.807, 2.05) is 49.5 Å². The number of aryl methyl sites for hydroxylation is 2. The molecule has 0 spiro atoms. The molecule has 0 N–H and O–H groups in total. The van der Waals surface area contributed by atoms with Crippen LogP contribution in [0.4, 0.5) is 0 Å². The zero-order valence-corrected chi connectivity index (χ0v) is 21.9. The summed E-state index contributed by atoms with van der Waals surface area (Å²) >= 11 is 0. The Balaban J connectivity index is 0.000000164. The molecule has 2 aromatic heterocycles. The molecule has 3 aromatic carbocycles. The summed E-state index contributed by atoms with van der Waals surface area (Å²) in [4.78, 5) is 9.13. The first-order valence-electron chi connectivity index (χ1n) is 11.1. The summed E-state index contributed by atoms with van der Waals surface area (Å²) in [6, 6.07) is 31.0. The zero-order valence-electron chi connectivity index (χ0n) is 19.5. The van der Waals surface area contributed by atoms with E-state index in [-0.39, 0.29) is 20.1 Å². The minimum atomic E-state index is 0. The molecule has 34 heavy (non-hydrogen) atoms. The van der Waals surface area contributed by atoms with Crippen molar-refractivity contribution in [2.45, 2.75) is 27.3 Å². The van der Waals surface area contributed by atoms with Gasteiger partial charge in [-0.15, -0.1) is 71.3 Å². The summed E-state index contributed by atoms with van der Waals surface area (Å²) in [5, 5.41) is 0. The maximum absolute atomic E-state index is 4.79. The number of aromatic nitrogens is 3. The molecule has 0 amide bonds. The van der Waals surface area contributed by atoms with Crippen LogP contribution in [-0.2, 0) is 26.7 Å². The van der Waals surface area contributed by atoms with Gasteiger partial charge in [0, 0.05) is 32.8 Å². The molecule has 6 rings (SSSR count). The van der Waals surface area contributed by atoms with Gasteiger partial charge in [0.15, 0.2) is 0 Å². The van der Waals surface area contributed by atoms with E-state index in [2.05, 4.69) is 78.0 Å². The van der Waals surface area contributed by atoms with Gasteiger partial charge in [-0.2, -0.15) is 0 Å². The Morgan fingerprint density at radius 1 is 0.824 bits per heavy atom. The Bertz CT molecular complexity index is 1390. The number of benzene rings is 3. The van der Waals surface area contributed by atoms with Crippen molar-refractivity contribution in [3.8, 4) is 22.6 Å². The molecule has 4 heteroatoms. The number of hydrogen-bond acceptors (Lipinski definition) is 2. The third-order valence-electron chi connectivity index (χ3n) is 5.71. The molecular weight excluding hydrogens is 595 g/mol. The predicted octanol–water partition coefficient (Wildman–Crippen LogP) is 7.08. The van der Waals surface area contributed by atoms with Crippen LogP contribution in [0.3, 0.4) is 0 Å². The molecule has 3 heterocycles. The number of nitrogens with zero attached hydrogens (tertiary/aromatic N) is 3. The molecule has 0 atom stereocenters. The van der Waals surface area contributed by atoms with Crippen LogP contribution in [-0.4, -0.2) is 14.5 Å². The van der Waals surface area contributed by atoms with Crippen molar-refractivity contribution in [2.75, 3.05) is 0 Å². The van der Waals surface area contributed by atoms with Gasteiger partial charge in [-0.3, -0.25) is 4.98 Å². The summed E-state index contributed by atoms with van der Waals surface area (Å²) in [7, 11) is 0. The van der Waals surface area contributed by atoms with Gasteiger partial charge in [0.25, 0.3) is 0 Å². The molecular formula is C30H25IrN3-2. The Kier molecular flexibility index (Phi) is 7.21. The van der Waals surface area contributed by atoms with Crippen molar-refractivity contribution >= 4 is 17.1 Å². The van der Waals surface area contributed by atoms with Crippen molar-refractivity contribution in [2.24, 2.45) is 0 Å². The van der Waals surface area contributed by atoms with Crippen LogP contribution < -0.4 is 0 Å². The van der Waals surface area contributed by atoms with E-state index in [0.29, 0.717) is 0 Å². The molecule has 1 radical (unpaired) electrons. The van der Waals surface area contributed by atoms with Crippen molar-refractivity contribution in [1.29, 1.82) is 0 Å². The summed E-state index contributed by atoms with van der Waals surface area (Å²) in [6.45, 7) is 7.17. The van der Waals surface area contributed by atoms with Gasteiger partial charge in [-0.05, 0) is 36.7 Å². The summed E-state index contributed by atoms with van der Waals surface area (Å²) in [6.07, 6.45) is 4.13. The van der Waals surface area contributed by atoms with Crippen LogP contribution in [0.1, 0.15) is 23.6 Å². The fraction of sp³-hybridized carbons (Fsp3) is 0.133. The van der Waals surface area contributed by atoms with E-state index in [1.54, 1.807) is 0 Å². The number of hydrogen-bond donors (Lipinski definition) is 0. The third-order valence-corrected chi connectivity index (χ3v) is 5.71. The van der Waals surface area contributed by atoms with Crippen molar-refractivity contribution in [1.82, 2.24) is 14.5 Å². The van der Waals surface area contributed by atoms with Crippen LogP contribution in [0.25, 0.3) is 39.8 Å². The normalized spacial score (nSPS) is 11.8. The molecule has 1 aliphatic rings. The number of allylic oxidation sites excluding steroid dienone is 1. The van der Waals surface area contributed by atoms with Crippen LogP contribution in [0, 0.1) is 26.0 Å². The second-order valence-corrected chi connectivity index (χ2v) is 8.50. The van der Waals surface area contributed by atoms with E-state index in [9.17, 15) is 0 Å². The average molecular weight is 620 g/mol. The van der Waals surface area contributed by atoms with E-state index >= 15 is 0 Å². The summed E-state index contributed by atoms with van der Waals surface area (Å²) in [5.41, 5.74) is 10.4. The Hall–Kier alpha value is -3.33. The first-order chi connectivity index (χ1) is 16.1. The Labute approximate surface area is 214 Å². The number of pyridine rings is 1. The largest absolute Gasteiger partial charge is 0.360 e. The number of rotatable bonds is 2. The van der Waals surface area contributed by atoms with E-state index in [4.69, 9.17) is 4.98 Å². The number of imidazole rings is 1. The van der Waals surface area contributed by atoms with Crippen LogP contribution in [0.5, 0.6) is 0 Å². The van der Waals surface area contributed by atoms with Gasteiger partial charge in [0.05, 0.1) is 16.9 Å². The molecule has 0 saturated heterocycles. The fourth-order valence-electron chi connectivity index (χ4n) is 4.07. The SMILES string of the molecule is CC1=Cc2cccc3nc(-c4[c-]cccc4)n(c23)C1.Cc1c[c-]c(-c2ccc(C)cn2)cc1.[Ir]. The van der Waals surface area contributed by atoms with E-state index < -0.39 is 0 Å². The van der Waals surface area contributed by atoms with Crippen LogP contribution >= 0.6 is 0 Å². The predicted molar refractivity (Wildman–Crippen MR) is 136 cm³/mol.